The predicted molar refractivity (Wildman–Crippen MR) is 74.1 cm³/mol. The number of rotatable bonds is 4. The third kappa shape index (κ3) is 2.30. The van der Waals surface area contributed by atoms with Crippen LogP contribution in [0, 0.1) is 0 Å². The first kappa shape index (κ1) is 11.7. The third-order valence-corrected chi connectivity index (χ3v) is 3.04. The SMILES string of the molecule is NCC(Oc1cccc2nccn12)c1ccccc1. The summed E-state index contributed by atoms with van der Waals surface area (Å²) in [7, 11) is 0. The van der Waals surface area contributed by atoms with Crippen molar-refractivity contribution in [2.75, 3.05) is 6.54 Å². The Balaban J connectivity index is 1.93. The number of nitrogens with two attached hydrogens (primary N) is 1. The maximum absolute atomic E-state index is 6.02. The molecule has 0 aliphatic carbocycles. The first-order valence-corrected chi connectivity index (χ1v) is 6.22. The highest BCUT2D eigenvalue weighted by Crippen LogP contribution is 2.21. The maximum Gasteiger partial charge on any atom is 0.199 e. The number of imidazole rings is 1. The minimum atomic E-state index is -0.158. The molecule has 2 aromatic heterocycles. The van der Waals surface area contributed by atoms with E-state index in [0.29, 0.717) is 6.54 Å². The fourth-order valence-corrected chi connectivity index (χ4v) is 2.08. The lowest BCUT2D eigenvalue weighted by atomic mass is 10.1. The summed E-state index contributed by atoms with van der Waals surface area (Å²) in [5.74, 6) is 0.745. The normalized spacial score (nSPS) is 12.5. The zero-order chi connectivity index (χ0) is 13.1. The first-order chi connectivity index (χ1) is 9.38. The summed E-state index contributed by atoms with van der Waals surface area (Å²) >= 11 is 0. The molecule has 3 aromatic rings. The minimum absolute atomic E-state index is 0.158. The van der Waals surface area contributed by atoms with E-state index in [1.807, 2.05) is 59.1 Å². The van der Waals surface area contributed by atoms with Crippen molar-refractivity contribution in [3.8, 4) is 5.88 Å². The molecular weight excluding hydrogens is 238 g/mol. The van der Waals surface area contributed by atoms with Crippen molar-refractivity contribution < 1.29 is 4.74 Å². The van der Waals surface area contributed by atoms with Crippen LogP contribution in [0.2, 0.25) is 0 Å². The van der Waals surface area contributed by atoms with Gasteiger partial charge >= 0.3 is 0 Å². The average molecular weight is 253 g/mol. The molecular formula is C15H15N3O. The molecule has 3 rings (SSSR count). The molecule has 0 spiro atoms. The van der Waals surface area contributed by atoms with Gasteiger partial charge in [-0.05, 0) is 17.7 Å². The van der Waals surface area contributed by atoms with Crippen molar-refractivity contribution in [2.24, 2.45) is 5.73 Å². The van der Waals surface area contributed by atoms with E-state index in [9.17, 15) is 0 Å². The van der Waals surface area contributed by atoms with Crippen LogP contribution < -0.4 is 10.5 Å². The van der Waals surface area contributed by atoms with Gasteiger partial charge in [0.15, 0.2) is 5.88 Å². The summed E-state index contributed by atoms with van der Waals surface area (Å²) in [4.78, 5) is 4.24. The van der Waals surface area contributed by atoms with E-state index in [0.717, 1.165) is 17.1 Å². The Hall–Kier alpha value is -2.33. The van der Waals surface area contributed by atoms with Gasteiger partial charge in [0, 0.05) is 18.9 Å². The number of pyridine rings is 1. The van der Waals surface area contributed by atoms with Gasteiger partial charge in [-0.1, -0.05) is 36.4 Å². The second kappa shape index (κ2) is 5.12. The zero-order valence-electron chi connectivity index (χ0n) is 10.4. The minimum Gasteiger partial charge on any atom is -0.469 e. The third-order valence-electron chi connectivity index (χ3n) is 3.04. The molecule has 0 saturated heterocycles. The van der Waals surface area contributed by atoms with Crippen molar-refractivity contribution in [3.63, 3.8) is 0 Å². The van der Waals surface area contributed by atoms with E-state index in [1.165, 1.54) is 0 Å². The first-order valence-electron chi connectivity index (χ1n) is 6.22. The van der Waals surface area contributed by atoms with Crippen molar-refractivity contribution >= 4 is 5.65 Å². The zero-order valence-corrected chi connectivity index (χ0v) is 10.4. The van der Waals surface area contributed by atoms with Gasteiger partial charge in [0.25, 0.3) is 0 Å². The molecule has 0 aliphatic heterocycles. The summed E-state index contributed by atoms with van der Waals surface area (Å²) < 4.78 is 7.93. The molecule has 19 heavy (non-hydrogen) atoms. The Morgan fingerprint density at radius 3 is 2.74 bits per heavy atom. The predicted octanol–water partition coefficient (Wildman–Crippen LogP) is 2.41. The highest BCUT2D eigenvalue weighted by atomic mass is 16.5. The van der Waals surface area contributed by atoms with Crippen LogP contribution in [0.4, 0.5) is 0 Å². The van der Waals surface area contributed by atoms with E-state index in [1.54, 1.807) is 6.20 Å². The molecule has 1 atom stereocenters. The Kier molecular flexibility index (Phi) is 3.16. The molecule has 4 heteroatoms. The number of fused-ring (bicyclic) bond motifs is 1. The Morgan fingerprint density at radius 1 is 1.11 bits per heavy atom. The monoisotopic (exact) mass is 253 g/mol. The summed E-state index contributed by atoms with van der Waals surface area (Å²) in [5.41, 5.74) is 7.76. The molecule has 0 saturated carbocycles. The van der Waals surface area contributed by atoms with Gasteiger partial charge < -0.3 is 10.5 Å². The van der Waals surface area contributed by atoms with Gasteiger partial charge in [-0.3, -0.25) is 4.40 Å². The Morgan fingerprint density at radius 2 is 1.95 bits per heavy atom. The number of nitrogens with zero attached hydrogens (tertiary/aromatic N) is 2. The van der Waals surface area contributed by atoms with Gasteiger partial charge in [0.2, 0.25) is 0 Å². The summed E-state index contributed by atoms with van der Waals surface area (Å²) in [6, 6.07) is 15.8. The molecule has 2 N–H and O–H groups in total. The van der Waals surface area contributed by atoms with Crippen LogP contribution >= 0.6 is 0 Å². The molecule has 2 heterocycles. The Labute approximate surface area is 111 Å². The van der Waals surface area contributed by atoms with Gasteiger partial charge in [-0.25, -0.2) is 4.98 Å². The van der Waals surface area contributed by atoms with Crippen LogP contribution in [0.1, 0.15) is 11.7 Å². The number of hydrogen-bond donors (Lipinski definition) is 1. The molecule has 0 radical (unpaired) electrons. The molecule has 0 fully saturated rings. The smallest absolute Gasteiger partial charge is 0.199 e. The van der Waals surface area contributed by atoms with Crippen LogP contribution in [0.15, 0.2) is 60.9 Å². The lowest BCUT2D eigenvalue weighted by molar-refractivity contribution is 0.203. The number of aromatic nitrogens is 2. The van der Waals surface area contributed by atoms with Crippen molar-refractivity contribution in [2.45, 2.75) is 6.10 Å². The number of ether oxygens (including phenoxy) is 1. The maximum atomic E-state index is 6.02. The fraction of sp³-hybridized carbons (Fsp3) is 0.133. The summed E-state index contributed by atoms with van der Waals surface area (Å²) in [6.45, 7) is 0.426. The van der Waals surface area contributed by atoms with Crippen LogP contribution in [0.3, 0.4) is 0 Å². The van der Waals surface area contributed by atoms with Gasteiger partial charge in [0.1, 0.15) is 11.8 Å². The van der Waals surface area contributed by atoms with Crippen LogP contribution in [0.5, 0.6) is 5.88 Å². The van der Waals surface area contributed by atoms with E-state index in [-0.39, 0.29) is 6.10 Å². The van der Waals surface area contributed by atoms with Crippen LogP contribution in [-0.4, -0.2) is 15.9 Å². The molecule has 0 bridgehead atoms. The highest BCUT2D eigenvalue weighted by Gasteiger charge is 2.12. The molecule has 1 unspecified atom stereocenters. The molecule has 96 valence electrons. The van der Waals surface area contributed by atoms with Crippen molar-refractivity contribution in [1.29, 1.82) is 0 Å². The number of benzene rings is 1. The molecule has 0 aliphatic rings. The van der Waals surface area contributed by atoms with E-state index < -0.39 is 0 Å². The molecule has 4 nitrogen and oxygen atoms in total. The largest absolute Gasteiger partial charge is 0.469 e. The van der Waals surface area contributed by atoms with E-state index in [2.05, 4.69) is 4.98 Å². The Bertz CT molecular complexity index is 663. The fourth-order valence-electron chi connectivity index (χ4n) is 2.08. The van der Waals surface area contributed by atoms with E-state index >= 15 is 0 Å². The van der Waals surface area contributed by atoms with Crippen molar-refractivity contribution in [3.05, 3.63) is 66.5 Å². The summed E-state index contributed by atoms with van der Waals surface area (Å²) in [5, 5.41) is 0. The van der Waals surface area contributed by atoms with Crippen LogP contribution in [-0.2, 0) is 0 Å². The second-order valence-electron chi connectivity index (χ2n) is 4.27. The van der Waals surface area contributed by atoms with Crippen molar-refractivity contribution in [1.82, 2.24) is 9.38 Å². The molecule has 0 amide bonds. The summed E-state index contributed by atoms with van der Waals surface area (Å²) in [6.07, 6.45) is 3.47. The van der Waals surface area contributed by atoms with Gasteiger partial charge in [-0.15, -0.1) is 0 Å². The standard InChI is InChI=1S/C15H15N3O/c16-11-13(12-5-2-1-3-6-12)19-15-8-4-7-14-17-9-10-18(14)15/h1-10,13H,11,16H2. The molecule has 1 aromatic carbocycles. The van der Waals surface area contributed by atoms with Crippen LogP contribution in [0.25, 0.3) is 5.65 Å². The quantitative estimate of drug-likeness (QED) is 0.776. The lowest BCUT2D eigenvalue weighted by Gasteiger charge is -2.18. The number of hydrogen-bond acceptors (Lipinski definition) is 3. The van der Waals surface area contributed by atoms with Gasteiger partial charge in [0.05, 0.1) is 0 Å². The lowest BCUT2D eigenvalue weighted by Crippen LogP contribution is -2.19. The second-order valence-corrected chi connectivity index (χ2v) is 4.27. The van der Waals surface area contributed by atoms with Gasteiger partial charge in [-0.2, -0.15) is 0 Å². The highest BCUT2D eigenvalue weighted by molar-refractivity contribution is 5.41. The topological polar surface area (TPSA) is 52.5 Å². The average Bonchev–Trinajstić information content (AvgIpc) is 2.95. The van der Waals surface area contributed by atoms with E-state index in [4.69, 9.17) is 10.5 Å².